The van der Waals surface area contributed by atoms with E-state index >= 15 is 0 Å². The summed E-state index contributed by atoms with van der Waals surface area (Å²) in [6.07, 6.45) is 3.24. The Balaban J connectivity index is 1.88. The van der Waals surface area contributed by atoms with E-state index in [4.69, 9.17) is 0 Å². The zero-order valence-electron chi connectivity index (χ0n) is 14.1. The number of anilines is 1. The third-order valence-electron chi connectivity index (χ3n) is 4.33. The summed E-state index contributed by atoms with van der Waals surface area (Å²) in [6, 6.07) is 6.80. The van der Waals surface area contributed by atoms with Crippen LogP contribution in [0, 0.1) is 11.6 Å². The highest BCUT2D eigenvalue weighted by Crippen LogP contribution is 2.27. The van der Waals surface area contributed by atoms with Crippen molar-refractivity contribution in [3.05, 3.63) is 58.1 Å². The molecule has 3 rings (SSSR count). The van der Waals surface area contributed by atoms with Crippen molar-refractivity contribution in [3.63, 3.8) is 0 Å². The van der Waals surface area contributed by atoms with E-state index < -0.39 is 32.5 Å². The van der Waals surface area contributed by atoms with Crippen molar-refractivity contribution in [2.45, 2.75) is 36.6 Å². The van der Waals surface area contributed by atoms with Crippen LogP contribution in [0.1, 0.15) is 36.0 Å². The van der Waals surface area contributed by atoms with Gasteiger partial charge in [0, 0.05) is 16.2 Å². The summed E-state index contributed by atoms with van der Waals surface area (Å²) in [5.74, 6) is -2.06. The van der Waals surface area contributed by atoms with Gasteiger partial charge in [-0.15, -0.1) is 0 Å². The van der Waals surface area contributed by atoms with Gasteiger partial charge in [-0.25, -0.2) is 21.9 Å². The minimum Gasteiger partial charge on any atom is -0.322 e. The molecule has 1 saturated carbocycles. The fourth-order valence-corrected chi connectivity index (χ4v) is 4.85. The summed E-state index contributed by atoms with van der Waals surface area (Å²) in [5.41, 5.74) is 0.277. The molecule has 1 aliphatic rings. The standard InChI is InChI=1S/C18H17BrF2N2O3S/c19-15-10-16(21)17(27(25,26)23-13-3-1-2-4-13)9-14(15)18(24)22-12-7-5-11(20)6-8-12/h5-10,13,23H,1-4H2,(H,22,24). The second-order valence-electron chi connectivity index (χ2n) is 6.33. The number of benzene rings is 2. The number of amides is 1. The summed E-state index contributed by atoms with van der Waals surface area (Å²) in [5, 5.41) is 2.52. The van der Waals surface area contributed by atoms with Gasteiger partial charge < -0.3 is 5.32 Å². The monoisotopic (exact) mass is 458 g/mol. The highest BCUT2D eigenvalue weighted by molar-refractivity contribution is 9.10. The molecule has 9 heteroatoms. The van der Waals surface area contributed by atoms with Crippen LogP contribution in [0.15, 0.2) is 45.8 Å². The first-order chi connectivity index (χ1) is 12.8. The third kappa shape index (κ3) is 4.72. The Morgan fingerprint density at radius 1 is 1.07 bits per heavy atom. The Hall–Kier alpha value is -1.84. The summed E-state index contributed by atoms with van der Waals surface area (Å²) in [7, 11) is -4.10. The fraction of sp³-hybridized carbons (Fsp3) is 0.278. The van der Waals surface area contributed by atoms with Gasteiger partial charge in [-0.1, -0.05) is 12.8 Å². The number of carbonyl (C=O) groups is 1. The number of nitrogens with one attached hydrogen (secondary N) is 2. The van der Waals surface area contributed by atoms with Gasteiger partial charge in [-0.05, 0) is 65.2 Å². The number of rotatable bonds is 5. The van der Waals surface area contributed by atoms with Crippen molar-refractivity contribution in [1.82, 2.24) is 4.72 Å². The quantitative estimate of drug-likeness (QED) is 0.704. The maximum absolute atomic E-state index is 14.3. The van der Waals surface area contributed by atoms with E-state index in [0.717, 1.165) is 25.0 Å². The second-order valence-corrected chi connectivity index (χ2v) is 8.86. The van der Waals surface area contributed by atoms with E-state index in [2.05, 4.69) is 26.0 Å². The highest BCUT2D eigenvalue weighted by Gasteiger charge is 2.27. The molecule has 0 saturated heterocycles. The molecule has 2 aromatic carbocycles. The van der Waals surface area contributed by atoms with Crippen LogP contribution in [0.3, 0.4) is 0 Å². The SMILES string of the molecule is O=C(Nc1ccc(F)cc1)c1cc(S(=O)(=O)NC2CCCC2)c(F)cc1Br. The predicted molar refractivity (Wildman–Crippen MR) is 101 cm³/mol. The van der Waals surface area contributed by atoms with Gasteiger partial charge in [0.05, 0.1) is 5.56 Å². The van der Waals surface area contributed by atoms with Gasteiger partial charge in [-0.3, -0.25) is 4.79 Å². The van der Waals surface area contributed by atoms with Crippen molar-refractivity contribution in [3.8, 4) is 0 Å². The van der Waals surface area contributed by atoms with Crippen LogP contribution in [0.25, 0.3) is 0 Å². The molecule has 0 aromatic heterocycles. The van der Waals surface area contributed by atoms with Crippen LogP contribution in [0.4, 0.5) is 14.5 Å². The van der Waals surface area contributed by atoms with Crippen LogP contribution in [-0.4, -0.2) is 20.4 Å². The molecule has 2 N–H and O–H groups in total. The average Bonchev–Trinajstić information content (AvgIpc) is 3.08. The van der Waals surface area contributed by atoms with Gasteiger partial charge in [0.25, 0.3) is 5.91 Å². The molecule has 2 aromatic rings. The van der Waals surface area contributed by atoms with Gasteiger partial charge >= 0.3 is 0 Å². The molecule has 5 nitrogen and oxygen atoms in total. The molecule has 0 aliphatic heterocycles. The lowest BCUT2D eigenvalue weighted by Crippen LogP contribution is -2.33. The van der Waals surface area contributed by atoms with Crippen LogP contribution in [0.2, 0.25) is 0 Å². The number of sulfonamides is 1. The molecule has 0 bridgehead atoms. The summed E-state index contributed by atoms with van der Waals surface area (Å²) < 4.78 is 55.0. The van der Waals surface area contributed by atoms with Crippen molar-refractivity contribution in [2.24, 2.45) is 0 Å². The first-order valence-corrected chi connectivity index (χ1v) is 10.6. The maximum Gasteiger partial charge on any atom is 0.256 e. The molecule has 0 heterocycles. The zero-order chi connectivity index (χ0) is 19.6. The van der Waals surface area contributed by atoms with Crippen molar-refractivity contribution in [2.75, 3.05) is 5.32 Å². The van der Waals surface area contributed by atoms with Crippen LogP contribution in [-0.2, 0) is 10.0 Å². The molecule has 0 atom stereocenters. The minimum atomic E-state index is -4.10. The van der Waals surface area contributed by atoms with E-state index in [1.165, 1.54) is 24.3 Å². The molecule has 0 radical (unpaired) electrons. The predicted octanol–water partition coefficient (Wildman–Crippen LogP) is 4.20. The summed E-state index contributed by atoms with van der Waals surface area (Å²) in [6.45, 7) is 0. The highest BCUT2D eigenvalue weighted by atomic mass is 79.9. The van der Waals surface area contributed by atoms with Crippen molar-refractivity contribution < 1.29 is 22.0 Å². The summed E-state index contributed by atoms with van der Waals surface area (Å²) in [4.78, 5) is 11.9. The number of halogens is 3. The summed E-state index contributed by atoms with van der Waals surface area (Å²) >= 11 is 3.09. The Morgan fingerprint density at radius 3 is 2.33 bits per heavy atom. The zero-order valence-corrected chi connectivity index (χ0v) is 16.5. The topological polar surface area (TPSA) is 75.3 Å². The Kier molecular flexibility index (Phi) is 5.92. The van der Waals surface area contributed by atoms with Gasteiger partial charge in [0.2, 0.25) is 10.0 Å². The molecule has 144 valence electrons. The first-order valence-electron chi connectivity index (χ1n) is 8.34. The Labute approximate surface area is 164 Å². The van der Waals surface area contributed by atoms with Crippen LogP contribution >= 0.6 is 15.9 Å². The molecule has 1 fully saturated rings. The fourth-order valence-electron chi connectivity index (χ4n) is 2.97. The largest absolute Gasteiger partial charge is 0.322 e. The van der Waals surface area contributed by atoms with E-state index in [1.54, 1.807) is 0 Å². The van der Waals surface area contributed by atoms with E-state index in [9.17, 15) is 22.0 Å². The van der Waals surface area contributed by atoms with Crippen molar-refractivity contribution in [1.29, 1.82) is 0 Å². The molecule has 0 unspecified atom stereocenters. The lowest BCUT2D eigenvalue weighted by Gasteiger charge is -2.15. The molecule has 1 amide bonds. The second kappa shape index (κ2) is 8.04. The lowest BCUT2D eigenvalue weighted by atomic mass is 10.2. The van der Waals surface area contributed by atoms with E-state index in [0.29, 0.717) is 18.5 Å². The normalized spacial score (nSPS) is 15.1. The molecular weight excluding hydrogens is 442 g/mol. The number of carbonyl (C=O) groups excluding carboxylic acids is 1. The maximum atomic E-state index is 14.3. The average molecular weight is 459 g/mol. The Morgan fingerprint density at radius 2 is 1.70 bits per heavy atom. The smallest absolute Gasteiger partial charge is 0.256 e. The number of hydrogen-bond acceptors (Lipinski definition) is 3. The Bertz CT molecular complexity index is 959. The van der Waals surface area contributed by atoms with Gasteiger partial charge in [0.15, 0.2) is 0 Å². The molecule has 27 heavy (non-hydrogen) atoms. The lowest BCUT2D eigenvalue weighted by molar-refractivity contribution is 0.102. The number of hydrogen-bond donors (Lipinski definition) is 2. The van der Waals surface area contributed by atoms with Crippen LogP contribution < -0.4 is 10.0 Å². The van der Waals surface area contributed by atoms with Gasteiger partial charge in [0.1, 0.15) is 16.5 Å². The molecule has 0 spiro atoms. The van der Waals surface area contributed by atoms with Crippen LogP contribution in [0.5, 0.6) is 0 Å². The van der Waals surface area contributed by atoms with E-state index in [1.807, 2.05) is 0 Å². The first kappa shape index (κ1) is 19.9. The molecular formula is C18H17BrF2N2O3S. The van der Waals surface area contributed by atoms with Gasteiger partial charge in [-0.2, -0.15) is 0 Å². The molecule has 1 aliphatic carbocycles. The van der Waals surface area contributed by atoms with Crippen molar-refractivity contribution >= 4 is 37.5 Å². The minimum absolute atomic E-state index is 0.0486. The third-order valence-corrected chi connectivity index (χ3v) is 6.53. The van der Waals surface area contributed by atoms with E-state index in [-0.39, 0.29) is 16.1 Å².